The fraction of sp³-hybridized carbons (Fsp3) is 0.524. The van der Waals surface area contributed by atoms with Crippen molar-refractivity contribution >= 4 is 29.9 Å². The molecule has 2 N–H and O–H groups in total. The molecule has 1 aliphatic rings. The molecule has 0 aliphatic heterocycles. The van der Waals surface area contributed by atoms with Gasteiger partial charge in [-0.3, -0.25) is 9.67 Å². The van der Waals surface area contributed by atoms with E-state index in [9.17, 15) is 4.39 Å². The van der Waals surface area contributed by atoms with Gasteiger partial charge in [-0.2, -0.15) is 5.10 Å². The molecule has 1 aromatic carbocycles. The van der Waals surface area contributed by atoms with E-state index in [0.717, 1.165) is 48.8 Å². The lowest BCUT2D eigenvalue weighted by Gasteiger charge is -2.19. The lowest BCUT2D eigenvalue weighted by molar-refractivity contribution is 0.182. The molecule has 1 saturated carbocycles. The minimum Gasteiger partial charge on any atom is -0.383 e. The topological polar surface area (TPSA) is 63.5 Å². The number of hydrogen-bond donors (Lipinski definition) is 2. The molecule has 1 aliphatic carbocycles. The zero-order valence-electron chi connectivity index (χ0n) is 17.6. The van der Waals surface area contributed by atoms with E-state index >= 15 is 0 Å². The average molecular weight is 515 g/mol. The smallest absolute Gasteiger partial charge is 0.191 e. The van der Waals surface area contributed by atoms with E-state index in [2.05, 4.69) is 27.6 Å². The van der Waals surface area contributed by atoms with Crippen molar-refractivity contribution < 1.29 is 9.13 Å². The molecule has 29 heavy (non-hydrogen) atoms. The van der Waals surface area contributed by atoms with Gasteiger partial charge in [-0.05, 0) is 44.4 Å². The third-order valence-electron chi connectivity index (χ3n) is 5.58. The Hall–Kier alpha value is -1.68. The van der Waals surface area contributed by atoms with Crippen molar-refractivity contribution in [1.82, 2.24) is 20.4 Å². The Balaban J connectivity index is 0.00000300. The molecule has 1 fully saturated rings. The van der Waals surface area contributed by atoms with Crippen LogP contribution >= 0.6 is 24.0 Å². The van der Waals surface area contributed by atoms with Crippen molar-refractivity contribution in [1.29, 1.82) is 0 Å². The number of ether oxygens (including phenoxy) is 1. The van der Waals surface area contributed by atoms with Gasteiger partial charge in [0.25, 0.3) is 0 Å². The second-order valence-corrected chi connectivity index (χ2v) is 7.44. The molecule has 160 valence electrons. The van der Waals surface area contributed by atoms with Crippen molar-refractivity contribution in [3.8, 4) is 0 Å². The van der Waals surface area contributed by atoms with Gasteiger partial charge < -0.3 is 15.4 Å². The molecule has 8 heteroatoms. The fourth-order valence-corrected chi connectivity index (χ4v) is 3.57. The van der Waals surface area contributed by atoms with E-state index < -0.39 is 0 Å². The van der Waals surface area contributed by atoms with E-state index in [4.69, 9.17) is 4.74 Å². The third-order valence-corrected chi connectivity index (χ3v) is 5.58. The van der Waals surface area contributed by atoms with Gasteiger partial charge in [-0.1, -0.05) is 12.1 Å². The summed E-state index contributed by atoms with van der Waals surface area (Å²) in [5.74, 6) is 0.564. The van der Waals surface area contributed by atoms with E-state index in [1.807, 2.05) is 17.7 Å². The standard InChI is InChI=1S/C21H30FN5O.HI/c1-15-19(16(2)27(26-15)10-11-28-4)13-24-20(23-3)25-14-21(8-9-21)17-6-5-7-18(22)12-17;/h5-7,12H,8-11,13-14H2,1-4H3,(H2,23,24,25);1H. The summed E-state index contributed by atoms with van der Waals surface area (Å²) < 4.78 is 20.7. The van der Waals surface area contributed by atoms with Crippen LogP contribution in [0.15, 0.2) is 29.3 Å². The molecule has 0 unspecified atom stereocenters. The molecule has 0 spiro atoms. The number of hydrogen-bond acceptors (Lipinski definition) is 3. The Morgan fingerprint density at radius 2 is 2.07 bits per heavy atom. The predicted octanol–water partition coefficient (Wildman–Crippen LogP) is 3.30. The van der Waals surface area contributed by atoms with Crippen LogP contribution in [0.1, 0.15) is 35.4 Å². The highest BCUT2D eigenvalue weighted by Gasteiger charge is 2.44. The van der Waals surface area contributed by atoms with Crippen LogP contribution in [0.3, 0.4) is 0 Å². The Morgan fingerprint density at radius 3 is 2.69 bits per heavy atom. The van der Waals surface area contributed by atoms with Crippen molar-refractivity contribution in [3.05, 3.63) is 52.6 Å². The summed E-state index contributed by atoms with van der Waals surface area (Å²) in [6.07, 6.45) is 2.12. The van der Waals surface area contributed by atoms with Crippen LogP contribution in [0.5, 0.6) is 0 Å². The highest BCUT2D eigenvalue weighted by molar-refractivity contribution is 14.0. The quantitative estimate of drug-likeness (QED) is 0.322. The van der Waals surface area contributed by atoms with E-state index in [-0.39, 0.29) is 35.2 Å². The van der Waals surface area contributed by atoms with Crippen LogP contribution in [-0.2, 0) is 23.2 Å². The summed E-state index contributed by atoms with van der Waals surface area (Å²) in [4.78, 5) is 4.33. The maximum absolute atomic E-state index is 13.6. The number of aryl methyl sites for hydroxylation is 1. The molecule has 0 atom stereocenters. The van der Waals surface area contributed by atoms with E-state index in [1.54, 1.807) is 26.3 Å². The van der Waals surface area contributed by atoms with Crippen molar-refractivity contribution in [2.45, 2.75) is 45.2 Å². The molecule has 0 amide bonds. The minimum absolute atomic E-state index is 0. The monoisotopic (exact) mass is 515 g/mol. The first-order valence-corrected chi connectivity index (χ1v) is 9.71. The number of nitrogens with one attached hydrogen (secondary N) is 2. The van der Waals surface area contributed by atoms with Gasteiger partial charge in [0.15, 0.2) is 5.96 Å². The number of aliphatic imine (C=N–C) groups is 1. The minimum atomic E-state index is -0.178. The maximum Gasteiger partial charge on any atom is 0.191 e. The summed E-state index contributed by atoms with van der Waals surface area (Å²) in [5, 5.41) is 11.4. The van der Waals surface area contributed by atoms with Crippen LogP contribution in [-0.4, -0.2) is 43.0 Å². The SMILES string of the molecule is CN=C(NCc1c(C)nn(CCOC)c1C)NCC1(c2cccc(F)c2)CC1.I. The van der Waals surface area contributed by atoms with Gasteiger partial charge in [-0.25, -0.2) is 4.39 Å². The first kappa shape index (κ1) is 23.6. The van der Waals surface area contributed by atoms with Gasteiger partial charge >= 0.3 is 0 Å². The molecule has 0 bridgehead atoms. The molecule has 2 aromatic rings. The van der Waals surface area contributed by atoms with Crippen LogP contribution < -0.4 is 10.6 Å². The maximum atomic E-state index is 13.6. The largest absolute Gasteiger partial charge is 0.383 e. The number of aromatic nitrogens is 2. The van der Waals surface area contributed by atoms with E-state index in [1.165, 1.54) is 11.6 Å². The molecule has 1 aromatic heterocycles. The summed E-state index contributed by atoms with van der Waals surface area (Å²) in [6, 6.07) is 6.93. The number of nitrogens with zero attached hydrogens (tertiary/aromatic N) is 3. The second-order valence-electron chi connectivity index (χ2n) is 7.44. The first-order chi connectivity index (χ1) is 13.5. The van der Waals surface area contributed by atoms with E-state index in [0.29, 0.717) is 13.2 Å². The van der Waals surface area contributed by atoms with Gasteiger partial charge in [0.05, 0.1) is 18.8 Å². The van der Waals surface area contributed by atoms with Gasteiger partial charge in [0.1, 0.15) is 5.82 Å². The van der Waals surface area contributed by atoms with Crippen LogP contribution in [0, 0.1) is 19.7 Å². The third kappa shape index (κ3) is 5.69. The van der Waals surface area contributed by atoms with Crippen LogP contribution in [0.25, 0.3) is 0 Å². The number of guanidine groups is 1. The second kappa shape index (κ2) is 10.4. The Bertz CT molecular complexity index is 848. The molecule has 6 nitrogen and oxygen atoms in total. The van der Waals surface area contributed by atoms with Gasteiger partial charge in [0, 0.05) is 43.9 Å². The number of benzene rings is 1. The molecular weight excluding hydrogens is 484 g/mol. The number of halogens is 2. The molecule has 0 radical (unpaired) electrons. The summed E-state index contributed by atoms with van der Waals surface area (Å²) >= 11 is 0. The molecule has 0 saturated heterocycles. The zero-order valence-corrected chi connectivity index (χ0v) is 19.9. The van der Waals surface area contributed by atoms with Crippen molar-refractivity contribution in [2.24, 2.45) is 4.99 Å². The number of rotatable bonds is 8. The average Bonchev–Trinajstić information content (AvgIpc) is 3.43. The van der Waals surface area contributed by atoms with Crippen molar-refractivity contribution in [2.75, 3.05) is 27.3 Å². The highest BCUT2D eigenvalue weighted by atomic mass is 127. The van der Waals surface area contributed by atoms with Gasteiger partial charge in [-0.15, -0.1) is 24.0 Å². The lowest BCUT2D eigenvalue weighted by atomic mass is 9.96. The first-order valence-electron chi connectivity index (χ1n) is 9.71. The molecule has 3 rings (SSSR count). The Morgan fingerprint density at radius 1 is 1.31 bits per heavy atom. The number of methoxy groups -OCH3 is 1. The van der Waals surface area contributed by atoms with Crippen molar-refractivity contribution in [3.63, 3.8) is 0 Å². The highest BCUT2D eigenvalue weighted by Crippen LogP contribution is 2.47. The molecule has 1 heterocycles. The lowest BCUT2D eigenvalue weighted by Crippen LogP contribution is -2.41. The normalized spacial score (nSPS) is 15.0. The summed E-state index contributed by atoms with van der Waals surface area (Å²) in [6.45, 7) is 6.86. The Kier molecular flexibility index (Phi) is 8.45. The fourth-order valence-electron chi connectivity index (χ4n) is 3.57. The Labute approximate surface area is 189 Å². The molecular formula is C21H31FIN5O. The summed E-state index contributed by atoms with van der Waals surface area (Å²) in [7, 11) is 3.46. The van der Waals surface area contributed by atoms with Crippen LogP contribution in [0.4, 0.5) is 4.39 Å². The summed E-state index contributed by atoms with van der Waals surface area (Å²) in [5.41, 5.74) is 4.38. The predicted molar refractivity (Wildman–Crippen MR) is 125 cm³/mol. The van der Waals surface area contributed by atoms with Crippen LogP contribution in [0.2, 0.25) is 0 Å². The van der Waals surface area contributed by atoms with Gasteiger partial charge in [0.2, 0.25) is 0 Å². The zero-order chi connectivity index (χ0) is 20.1.